The third kappa shape index (κ3) is 2.92. The SMILES string of the molecule is CCn1cc(Br)c(C(=O)N[C@@H](C)[C@H]2CCCO2)n1. The first-order valence-electron chi connectivity index (χ1n) is 6.27. The van der Waals surface area contributed by atoms with E-state index in [4.69, 9.17) is 4.74 Å². The predicted molar refractivity (Wildman–Crippen MR) is 71.5 cm³/mol. The van der Waals surface area contributed by atoms with Gasteiger partial charge >= 0.3 is 0 Å². The second-order valence-corrected chi connectivity index (χ2v) is 5.35. The first-order valence-corrected chi connectivity index (χ1v) is 7.06. The van der Waals surface area contributed by atoms with Gasteiger partial charge in [-0.05, 0) is 42.6 Å². The van der Waals surface area contributed by atoms with E-state index >= 15 is 0 Å². The summed E-state index contributed by atoms with van der Waals surface area (Å²) in [6.07, 6.45) is 4.01. The van der Waals surface area contributed by atoms with Crippen LogP contribution in [0.15, 0.2) is 10.7 Å². The quantitative estimate of drug-likeness (QED) is 0.924. The molecule has 0 spiro atoms. The summed E-state index contributed by atoms with van der Waals surface area (Å²) in [4.78, 5) is 12.1. The van der Waals surface area contributed by atoms with E-state index in [-0.39, 0.29) is 18.1 Å². The lowest BCUT2D eigenvalue weighted by Crippen LogP contribution is -2.41. The van der Waals surface area contributed by atoms with Gasteiger partial charge in [-0.1, -0.05) is 0 Å². The zero-order valence-corrected chi connectivity index (χ0v) is 12.2. The van der Waals surface area contributed by atoms with Crippen LogP contribution in [-0.4, -0.2) is 34.4 Å². The Morgan fingerprint density at radius 1 is 1.78 bits per heavy atom. The van der Waals surface area contributed by atoms with E-state index in [1.54, 1.807) is 4.68 Å². The van der Waals surface area contributed by atoms with Crippen molar-refractivity contribution in [2.75, 3.05) is 6.61 Å². The number of amides is 1. The summed E-state index contributed by atoms with van der Waals surface area (Å²) in [6.45, 7) is 5.49. The van der Waals surface area contributed by atoms with E-state index in [2.05, 4.69) is 26.3 Å². The molecule has 1 aromatic rings. The van der Waals surface area contributed by atoms with Gasteiger partial charge in [-0.15, -0.1) is 0 Å². The number of rotatable bonds is 4. The van der Waals surface area contributed by atoms with Crippen molar-refractivity contribution in [3.63, 3.8) is 0 Å². The lowest BCUT2D eigenvalue weighted by molar-refractivity contribution is 0.0708. The molecule has 0 unspecified atom stereocenters. The number of hydrogen-bond donors (Lipinski definition) is 1. The van der Waals surface area contributed by atoms with Crippen LogP contribution < -0.4 is 5.32 Å². The van der Waals surface area contributed by atoms with Crippen molar-refractivity contribution in [1.82, 2.24) is 15.1 Å². The Bertz CT molecular complexity index is 427. The molecule has 1 amide bonds. The molecule has 6 heteroatoms. The molecule has 1 aliphatic rings. The predicted octanol–water partition coefficient (Wildman–Crippen LogP) is 1.96. The molecule has 1 N–H and O–H groups in total. The maximum absolute atomic E-state index is 12.1. The smallest absolute Gasteiger partial charge is 0.273 e. The molecule has 0 bridgehead atoms. The molecule has 2 heterocycles. The summed E-state index contributed by atoms with van der Waals surface area (Å²) in [5.74, 6) is -0.155. The summed E-state index contributed by atoms with van der Waals surface area (Å²) in [7, 11) is 0. The first-order chi connectivity index (χ1) is 8.61. The maximum Gasteiger partial charge on any atom is 0.273 e. The highest BCUT2D eigenvalue weighted by atomic mass is 79.9. The van der Waals surface area contributed by atoms with Crippen LogP contribution in [0.1, 0.15) is 37.2 Å². The van der Waals surface area contributed by atoms with Crippen LogP contribution in [0.5, 0.6) is 0 Å². The molecule has 18 heavy (non-hydrogen) atoms. The lowest BCUT2D eigenvalue weighted by Gasteiger charge is -2.19. The van der Waals surface area contributed by atoms with Crippen LogP contribution in [-0.2, 0) is 11.3 Å². The highest BCUT2D eigenvalue weighted by Gasteiger charge is 2.25. The van der Waals surface area contributed by atoms with Gasteiger partial charge in [0.2, 0.25) is 0 Å². The first kappa shape index (κ1) is 13.5. The topological polar surface area (TPSA) is 56.2 Å². The number of aryl methyl sites for hydroxylation is 1. The summed E-state index contributed by atoms with van der Waals surface area (Å²) in [5.41, 5.74) is 0.432. The van der Waals surface area contributed by atoms with E-state index in [9.17, 15) is 4.79 Å². The average molecular weight is 316 g/mol. The minimum atomic E-state index is -0.155. The average Bonchev–Trinajstić information content (AvgIpc) is 2.97. The summed E-state index contributed by atoms with van der Waals surface area (Å²) in [6, 6.07) is 0.0127. The highest BCUT2D eigenvalue weighted by Crippen LogP contribution is 2.18. The van der Waals surface area contributed by atoms with Gasteiger partial charge in [0, 0.05) is 19.3 Å². The Hall–Kier alpha value is -0.880. The summed E-state index contributed by atoms with van der Waals surface area (Å²) < 4.78 is 8.01. The van der Waals surface area contributed by atoms with Gasteiger partial charge in [-0.25, -0.2) is 0 Å². The molecule has 0 radical (unpaired) electrons. The van der Waals surface area contributed by atoms with Gasteiger partial charge in [-0.3, -0.25) is 9.48 Å². The summed E-state index contributed by atoms with van der Waals surface area (Å²) >= 11 is 3.36. The van der Waals surface area contributed by atoms with Crippen molar-refractivity contribution in [1.29, 1.82) is 0 Å². The van der Waals surface area contributed by atoms with Crippen LogP contribution in [0, 0.1) is 0 Å². The molecule has 1 aromatic heterocycles. The van der Waals surface area contributed by atoms with Gasteiger partial charge in [0.25, 0.3) is 5.91 Å². The van der Waals surface area contributed by atoms with Gasteiger partial charge < -0.3 is 10.1 Å². The monoisotopic (exact) mass is 315 g/mol. The fourth-order valence-corrected chi connectivity index (χ4v) is 2.57. The number of halogens is 1. The molecule has 100 valence electrons. The zero-order chi connectivity index (χ0) is 13.1. The minimum Gasteiger partial charge on any atom is -0.376 e. The molecule has 2 rings (SSSR count). The number of carbonyl (C=O) groups excluding carboxylic acids is 1. The van der Waals surface area contributed by atoms with Crippen molar-refractivity contribution < 1.29 is 9.53 Å². The molecular weight excluding hydrogens is 298 g/mol. The Morgan fingerprint density at radius 2 is 2.56 bits per heavy atom. The molecule has 1 saturated heterocycles. The fraction of sp³-hybridized carbons (Fsp3) is 0.667. The molecular formula is C12H18BrN3O2. The van der Waals surface area contributed by atoms with Gasteiger partial charge in [-0.2, -0.15) is 5.10 Å². The van der Waals surface area contributed by atoms with Crippen molar-refractivity contribution in [3.8, 4) is 0 Å². The molecule has 0 aromatic carbocycles. The number of nitrogens with zero attached hydrogens (tertiary/aromatic N) is 2. The second-order valence-electron chi connectivity index (χ2n) is 4.49. The van der Waals surface area contributed by atoms with Gasteiger partial charge in [0.1, 0.15) is 0 Å². The molecule has 0 aliphatic carbocycles. The fourth-order valence-electron chi connectivity index (χ4n) is 2.08. The zero-order valence-electron chi connectivity index (χ0n) is 10.6. The van der Waals surface area contributed by atoms with Crippen LogP contribution in [0.25, 0.3) is 0 Å². The molecule has 1 aliphatic heterocycles. The van der Waals surface area contributed by atoms with E-state index in [0.29, 0.717) is 5.69 Å². The Balaban J connectivity index is 1.99. The highest BCUT2D eigenvalue weighted by molar-refractivity contribution is 9.10. The number of nitrogens with one attached hydrogen (secondary N) is 1. The van der Waals surface area contributed by atoms with Crippen molar-refractivity contribution >= 4 is 21.8 Å². The van der Waals surface area contributed by atoms with Gasteiger partial charge in [0.05, 0.1) is 16.6 Å². The van der Waals surface area contributed by atoms with Crippen molar-refractivity contribution in [2.45, 2.75) is 45.4 Å². The Labute approximate surface area is 115 Å². The minimum absolute atomic E-state index is 0.0127. The third-order valence-electron chi connectivity index (χ3n) is 3.14. The molecule has 5 nitrogen and oxygen atoms in total. The number of hydrogen-bond acceptors (Lipinski definition) is 3. The van der Waals surface area contributed by atoms with Crippen LogP contribution >= 0.6 is 15.9 Å². The Morgan fingerprint density at radius 3 is 3.11 bits per heavy atom. The lowest BCUT2D eigenvalue weighted by atomic mass is 10.1. The van der Waals surface area contributed by atoms with Crippen LogP contribution in [0.3, 0.4) is 0 Å². The van der Waals surface area contributed by atoms with Crippen molar-refractivity contribution in [3.05, 3.63) is 16.4 Å². The standard InChI is InChI=1S/C12H18BrN3O2/c1-3-16-7-9(13)11(15-16)12(17)14-8(2)10-5-4-6-18-10/h7-8,10H,3-6H2,1-2H3,(H,14,17)/t8-,10+/m0/s1. The number of aromatic nitrogens is 2. The van der Waals surface area contributed by atoms with Crippen LogP contribution in [0.4, 0.5) is 0 Å². The molecule has 1 fully saturated rings. The normalized spacial score (nSPS) is 20.9. The molecule has 0 saturated carbocycles. The number of ether oxygens (including phenoxy) is 1. The van der Waals surface area contributed by atoms with Crippen LogP contribution in [0.2, 0.25) is 0 Å². The van der Waals surface area contributed by atoms with E-state index < -0.39 is 0 Å². The second kappa shape index (κ2) is 5.84. The van der Waals surface area contributed by atoms with E-state index in [1.807, 2.05) is 20.0 Å². The number of carbonyl (C=O) groups is 1. The maximum atomic E-state index is 12.1. The largest absolute Gasteiger partial charge is 0.376 e. The Kier molecular flexibility index (Phi) is 4.40. The van der Waals surface area contributed by atoms with E-state index in [1.165, 1.54) is 0 Å². The third-order valence-corrected chi connectivity index (χ3v) is 3.72. The van der Waals surface area contributed by atoms with E-state index in [0.717, 1.165) is 30.5 Å². The molecule has 2 atom stereocenters. The summed E-state index contributed by atoms with van der Waals surface area (Å²) in [5, 5.41) is 7.17. The van der Waals surface area contributed by atoms with Gasteiger partial charge in [0.15, 0.2) is 5.69 Å². The van der Waals surface area contributed by atoms with Crippen molar-refractivity contribution in [2.24, 2.45) is 0 Å².